The number of anilines is 1. The minimum atomic E-state index is -0.0271. The average molecular weight is 205 g/mol. The molecular formula is C11H15N3O. The molecule has 80 valence electrons. The summed E-state index contributed by atoms with van der Waals surface area (Å²) in [5.74, 6) is -0.0271. The summed E-state index contributed by atoms with van der Waals surface area (Å²) in [5.41, 5.74) is 6.25. The molecule has 0 unspecified atom stereocenters. The second-order valence-electron chi connectivity index (χ2n) is 3.55. The van der Waals surface area contributed by atoms with E-state index in [1.165, 1.54) is 11.3 Å². The maximum absolute atomic E-state index is 11.4. The van der Waals surface area contributed by atoms with Crippen LogP contribution in [0.25, 0.3) is 0 Å². The van der Waals surface area contributed by atoms with Gasteiger partial charge in [-0.05, 0) is 30.2 Å². The van der Waals surface area contributed by atoms with Crippen LogP contribution < -0.4 is 15.8 Å². The lowest BCUT2D eigenvalue weighted by Crippen LogP contribution is -2.32. The number of hydrogen-bond acceptors (Lipinski definition) is 3. The van der Waals surface area contributed by atoms with Crippen molar-refractivity contribution >= 4 is 11.6 Å². The third kappa shape index (κ3) is 1.68. The van der Waals surface area contributed by atoms with Crippen LogP contribution in [0, 0.1) is 0 Å². The Hall–Kier alpha value is -1.55. The second kappa shape index (κ2) is 3.90. The standard InChI is InChI=1S/C11H15N3O/c1-12-11(15)9-3-4-10-8(7-9)5-6-14(10)13-2/h3-4,7,13H,5-6H2,1-2H3,(H,12,15). The molecule has 1 amide bonds. The second-order valence-corrected chi connectivity index (χ2v) is 3.55. The number of fused-ring (bicyclic) bond motifs is 1. The fourth-order valence-electron chi connectivity index (χ4n) is 1.92. The van der Waals surface area contributed by atoms with Crippen molar-refractivity contribution in [2.45, 2.75) is 6.42 Å². The third-order valence-corrected chi connectivity index (χ3v) is 2.73. The Morgan fingerprint density at radius 1 is 1.40 bits per heavy atom. The Labute approximate surface area is 89.2 Å². The number of hydrazine groups is 1. The van der Waals surface area contributed by atoms with Crippen molar-refractivity contribution < 1.29 is 4.79 Å². The highest BCUT2D eigenvalue weighted by Gasteiger charge is 2.18. The molecule has 0 atom stereocenters. The minimum Gasteiger partial charge on any atom is -0.355 e. The highest BCUT2D eigenvalue weighted by atomic mass is 16.1. The van der Waals surface area contributed by atoms with E-state index < -0.39 is 0 Å². The molecule has 1 aliphatic rings. The number of benzene rings is 1. The molecule has 0 spiro atoms. The highest BCUT2D eigenvalue weighted by molar-refractivity contribution is 5.94. The normalized spacial score (nSPS) is 13.9. The quantitative estimate of drug-likeness (QED) is 0.741. The zero-order valence-corrected chi connectivity index (χ0v) is 9.00. The van der Waals surface area contributed by atoms with E-state index in [0.717, 1.165) is 18.5 Å². The number of hydrogen-bond donors (Lipinski definition) is 2. The lowest BCUT2D eigenvalue weighted by atomic mass is 10.1. The predicted molar refractivity (Wildman–Crippen MR) is 59.9 cm³/mol. The van der Waals surface area contributed by atoms with Crippen molar-refractivity contribution in [1.82, 2.24) is 10.7 Å². The van der Waals surface area contributed by atoms with Crippen LogP contribution in [0.4, 0.5) is 5.69 Å². The smallest absolute Gasteiger partial charge is 0.251 e. The zero-order valence-electron chi connectivity index (χ0n) is 9.00. The van der Waals surface area contributed by atoms with Gasteiger partial charge in [0.05, 0.1) is 5.69 Å². The van der Waals surface area contributed by atoms with Crippen LogP contribution in [-0.4, -0.2) is 26.5 Å². The molecule has 2 N–H and O–H groups in total. The fraction of sp³-hybridized carbons (Fsp3) is 0.364. The summed E-state index contributed by atoms with van der Waals surface area (Å²) >= 11 is 0. The molecule has 1 heterocycles. The van der Waals surface area contributed by atoms with Gasteiger partial charge in [0.2, 0.25) is 0 Å². The van der Waals surface area contributed by atoms with Gasteiger partial charge in [0.1, 0.15) is 0 Å². The molecule has 15 heavy (non-hydrogen) atoms. The molecule has 0 saturated carbocycles. The molecule has 1 aromatic carbocycles. The lowest BCUT2D eigenvalue weighted by molar-refractivity contribution is 0.0963. The number of amides is 1. The number of carbonyl (C=O) groups is 1. The van der Waals surface area contributed by atoms with Gasteiger partial charge in [-0.3, -0.25) is 4.79 Å². The molecule has 4 nitrogen and oxygen atoms in total. The molecule has 4 heteroatoms. The third-order valence-electron chi connectivity index (χ3n) is 2.73. The molecular weight excluding hydrogens is 190 g/mol. The van der Waals surface area contributed by atoms with Gasteiger partial charge in [0.15, 0.2) is 0 Å². The summed E-state index contributed by atoms with van der Waals surface area (Å²) in [5, 5.41) is 4.72. The first-order valence-corrected chi connectivity index (χ1v) is 5.06. The van der Waals surface area contributed by atoms with Crippen LogP contribution in [0.15, 0.2) is 18.2 Å². The summed E-state index contributed by atoms with van der Waals surface area (Å²) in [4.78, 5) is 11.4. The largest absolute Gasteiger partial charge is 0.355 e. The van der Waals surface area contributed by atoms with Crippen molar-refractivity contribution in [2.24, 2.45) is 0 Å². The molecule has 0 bridgehead atoms. The van der Waals surface area contributed by atoms with Crippen LogP contribution in [0.5, 0.6) is 0 Å². The summed E-state index contributed by atoms with van der Waals surface area (Å²) in [6.07, 6.45) is 0.987. The zero-order chi connectivity index (χ0) is 10.8. The van der Waals surface area contributed by atoms with Crippen molar-refractivity contribution in [3.8, 4) is 0 Å². The summed E-state index contributed by atoms with van der Waals surface area (Å²) < 4.78 is 0. The van der Waals surface area contributed by atoms with E-state index in [1.807, 2.05) is 25.2 Å². The lowest BCUT2D eigenvalue weighted by Gasteiger charge is -2.17. The molecule has 2 rings (SSSR count). The predicted octanol–water partition coefficient (Wildman–Crippen LogP) is 0.543. The Kier molecular flexibility index (Phi) is 2.60. The van der Waals surface area contributed by atoms with Crippen LogP contribution >= 0.6 is 0 Å². The number of carbonyl (C=O) groups excluding carboxylic acids is 1. The van der Waals surface area contributed by atoms with Crippen LogP contribution in [0.2, 0.25) is 0 Å². The minimum absolute atomic E-state index is 0.0271. The van der Waals surface area contributed by atoms with E-state index in [9.17, 15) is 4.79 Å². The first-order chi connectivity index (χ1) is 7.26. The molecule has 0 aromatic heterocycles. The monoisotopic (exact) mass is 205 g/mol. The number of nitrogens with one attached hydrogen (secondary N) is 2. The van der Waals surface area contributed by atoms with Crippen LogP contribution in [0.3, 0.4) is 0 Å². The van der Waals surface area contributed by atoms with E-state index in [0.29, 0.717) is 0 Å². The number of rotatable bonds is 2. The van der Waals surface area contributed by atoms with Crippen LogP contribution in [0.1, 0.15) is 15.9 Å². The van der Waals surface area contributed by atoms with Gasteiger partial charge in [0.25, 0.3) is 5.91 Å². The van der Waals surface area contributed by atoms with E-state index in [4.69, 9.17) is 0 Å². The van der Waals surface area contributed by atoms with Gasteiger partial charge in [-0.25, -0.2) is 5.43 Å². The van der Waals surface area contributed by atoms with E-state index in [1.54, 1.807) is 7.05 Å². The molecule has 0 aliphatic carbocycles. The summed E-state index contributed by atoms with van der Waals surface area (Å²) in [7, 11) is 3.55. The average Bonchev–Trinajstić information content (AvgIpc) is 2.69. The van der Waals surface area contributed by atoms with Crippen LogP contribution in [-0.2, 0) is 6.42 Å². The molecule has 0 fully saturated rings. The molecule has 1 aliphatic heterocycles. The van der Waals surface area contributed by atoms with Crippen molar-refractivity contribution in [2.75, 3.05) is 25.6 Å². The summed E-state index contributed by atoms with van der Waals surface area (Å²) in [6.45, 7) is 0.961. The number of nitrogens with zero attached hydrogens (tertiary/aromatic N) is 1. The first-order valence-electron chi connectivity index (χ1n) is 5.06. The van der Waals surface area contributed by atoms with E-state index >= 15 is 0 Å². The van der Waals surface area contributed by atoms with Gasteiger partial charge < -0.3 is 10.3 Å². The molecule has 0 saturated heterocycles. The van der Waals surface area contributed by atoms with Crippen molar-refractivity contribution in [3.63, 3.8) is 0 Å². The maximum atomic E-state index is 11.4. The van der Waals surface area contributed by atoms with Gasteiger partial charge in [-0.1, -0.05) is 0 Å². The van der Waals surface area contributed by atoms with Gasteiger partial charge in [0, 0.05) is 26.2 Å². The summed E-state index contributed by atoms with van der Waals surface area (Å²) in [6, 6.07) is 5.81. The fourth-order valence-corrected chi connectivity index (χ4v) is 1.92. The SMILES string of the molecule is CNC(=O)c1ccc2c(c1)CCN2NC. The van der Waals surface area contributed by atoms with Crippen molar-refractivity contribution in [3.05, 3.63) is 29.3 Å². The van der Waals surface area contributed by atoms with Gasteiger partial charge in [-0.2, -0.15) is 0 Å². The molecule has 1 aromatic rings. The Morgan fingerprint density at radius 3 is 2.87 bits per heavy atom. The van der Waals surface area contributed by atoms with Gasteiger partial charge in [-0.15, -0.1) is 0 Å². The molecule has 0 radical (unpaired) electrons. The topological polar surface area (TPSA) is 44.4 Å². The van der Waals surface area contributed by atoms with E-state index in [2.05, 4.69) is 15.8 Å². The van der Waals surface area contributed by atoms with E-state index in [-0.39, 0.29) is 5.91 Å². The van der Waals surface area contributed by atoms with Crippen molar-refractivity contribution in [1.29, 1.82) is 0 Å². The maximum Gasteiger partial charge on any atom is 0.251 e. The van der Waals surface area contributed by atoms with Gasteiger partial charge >= 0.3 is 0 Å². The first kappa shape index (κ1) is 9.98. The Balaban J connectivity index is 2.33. The highest BCUT2D eigenvalue weighted by Crippen LogP contribution is 2.26. The Morgan fingerprint density at radius 2 is 2.20 bits per heavy atom. The Bertz CT molecular complexity index is 389.